The highest BCUT2D eigenvalue weighted by Crippen LogP contribution is 2.40. The molecule has 0 amide bonds. The molecule has 0 N–H and O–H groups in total. The van der Waals surface area contributed by atoms with Gasteiger partial charge in [0, 0.05) is 17.2 Å². The van der Waals surface area contributed by atoms with Crippen molar-refractivity contribution in [2.24, 2.45) is 0 Å². The summed E-state index contributed by atoms with van der Waals surface area (Å²) in [5.41, 5.74) is 2.43. The van der Waals surface area contributed by atoms with E-state index in [4.69, 9.17) is 16.3 Å². The molecule has 98 valence electrons. The van der Waals surface area contributed by atoms with Gasteiger partial charge in [-0.05, 0) is 25.0 Å². The number of carbonyl (C=O) groups excluding carboxylic acids is 1. The second-order valence-corrected chi connectivity index (χ2v) is 5.25. The van der Waals surface area contributed by atoms with Crippen LogP contribution in [0.15, 0.2) is 12.1 Å². The van der Waals surface area contributed by atoms with E-state index in [9.17, 15) is 4.79 Å². The second-order valence-electron chi connectivity index (χ2n) is 4.33. The Morgan fingerprint density at radius 1 is 1.42 bits per heavy atom. The van der Waals surface area contributed by atoms with Gasteiger partial charge >= 0.3 is 5.97 Å². The van der Waals surface area contributed by atoms with Crippen LogP contribution >= 0.6 is 23.3 Å². The van der Waals surface area contributed by atoms with Crippen molar-refractivity contribution in [3.8, 4) is 11.3 Å². The first-order valence-corrected chi connectivity index (χ1v) is 6.88. The fraction of sp³-hybridized carbons (Fsp3) is 0.333. The number of hydrogen-bond acceptors (Lipinski definition) is 6. The van der Waals surface area contributed by atoms with Gasteiger partial charge in [0.2, 0.25) is 0 Å². The number of rotatable bonds is 3. The third kappa shape index (κ3) is 2.46. The molecule has 1 aliphatic carbocycles. The van der Waals surface area contributed by atoms with Crippen molar-refractivity contribution in [1.29, 1.82) is 0 Å². The molecule has 7 heteroatoms. The van der Waals surface area contributed by atoms with Crippen molar-refractivity contribution >= 4 is 29.3 Å². The van der Waals surface area contributed by atoms with E-state index in [1.165, 1.54) is 7.11 Å². The highest BCUT2D eigenvalue weighted by molar-refractivity contribution is 6.99. The van der Waals surface area contributed by atoms with Gasteiger partial charge in [-0.1, -0.05) is 11.6 Å². The lowest BCUT2D eigenvalue weighted by Crippen LogP contribution is -2.03. The summed E-state index contributed by atoms with van der Waals surface area (Å²) >= 11 is 7.01. The molecule has 0 bridgehead atoms. The number of halogens is 1. The van der Waals surface area contributed by atoms with Gasteiger partial charge < -0.3 is 4.74 Å². The van der Waals surface area contributed by atoms with Crippen LogP contribution in [0.2, 0.25) is 5.15 Å². The molecule has 2 heterocycles. The van der Waals surface area contributed by atoms with Crippen molar-refractivity contribution in [2.45, 2.75) is 18.8 Å². The van der Waals surface area contributed by atoms with Gasteiger partial charge in [0.1, 0.15) is 10.8 Å². The summed E-state index contributed by atoms with van der Waals surface area (Å²) in [6.45, 7) is 0. The third-order valence-corrected chi connectivity index (χ3v) is 3.67. The van der Waals surface area contributed by atoms with Crippen molar-refractivity contribution in [2.75, 3.05) is 7.11 Å². The number of aromatic nitrogens is 3. The first-order chi connectivity index (χ1) is 9.19. The zero-order valence-electron chi connectivity index (χ0n) is 10.1. The summed E-state index contributed by atoms with van der Waals surface area (Å²) in [7, 11) is 1.32. The van der Waals surface area contributed by atoms with E-state index < -0.39 is 5.97 Å². The summed E-state index contributed by atoms with van der Waals surface area (Å²) in [4.78, 5) is 15.9. The molecule has 0 unspecified atom stereocenters. The van der Waals surface area contributed by atoms with Gasteiger partial charge in [0.05, 0.1) is 18.8 Å². The van der Waals surface area contributed by atoms with Crippen LogP contribution in [0.25, 0.3) is 11.3 Å². The number of methoxy groups -OCH3 is 1. The van der Waals surface area contributed by atoms with Crippen LogP contribution in [0.5, 0.6) is 0 Å². The summed E-state index contributed by atoms with van der Waals surface area (Å²) in [5.74, 6) is -0.0183. The van der Waals surface area contributed by atoms with Gasteiger partial charge in [-0.3, -0.25) is 0 Å². The Morgan fingerprint density at radius 3 is 2.89 bits per heavy atom. The van der Waals surface area contributed by atoms with Crippen LogP contribution in [0.3, 0.4) is 0 Å². The largest absolute Gasteiger partial charge is 0.464 e. The van der Waals surface area contributed by atoms with Crippen molar-refractivity contribution in [3.05, 3.63) is 28.7 Å². The van der Waals surface area contributed by atoms with E-state index >= 15 is 0 Å². The minimum Gasteiger partial charge on any atom is -0.464 e. The Balaban J connectivity index is 2.06. The van der Waals surface area contributed by atoms with Crippen LogP contribution in [-0.4, -0.2) is 26.8 Å². The molecule has 1 saturated carbocycles. The van der Waals surface area contributed by atoms with E-state index in [1.807, 2.05) is 6.07 Å². The second kappa shape index (κ2) is 4.86. The molecule has 0 aromatic carbocycles. The number of hydrogen-bond donors (Lipinski definition) is 0. The summed E-state index contributed by atoms with van der Waals surface area (Å²) in [5, 5.41) is 0.406. The van der Waals surface area contributed by atoms with Crippen molar-refractivity contribution < 1.29 is 9.53 Å². The Morgan fingerprint density at radius 2 is 2.21 bits per heavy atom. The third-order valence-electron chi connectivity index (χ3n) is 2.95. The van der Waals surface area contributed by atoms with E-state index in [2.05, 4.69) is 13.7 Å². The standard InChI is InChI=1S/C12H10ClN3O2S/c1-18-12(17)11-10(15-19-16-11)7-4-8(6-2-3-6)14-9(13)5-7/h4-6H,2-3H2,1H3. The topological polar surface area (TPSA) is 65.0 Å². The minimum atomic E-state index is -0.496. The molecule has 1 aliphatic rings. The van der Waals surface area contributed by atoms with Gasteiger partial charge in [-0.15, -0.1) is 0 Å². The molecule has 1 fully saturated rings. The van der Waals surface area contributed by atoms with Crippen LogP contribution in [0, 0.1) is 0 Å². The maximum atomic E-state index is 11.6. The van der Waals surface area contributed by atoms with E-state index in [-0.39, 0.29) is 5.69 Å². The first kappa shape index (κ1) is 12.5. The average Bonchev–Trinajstić information content (AvgIpc) is 3.14. The highest BCUT2D eigenvalue weighted by Gasteiger charge is 2.27. The van der Waals surface area contributed by atoms with Gasteiger partial charge in [0.25, 0.3) is 0 Å². The molecule has 0 radical (unpaired) electrons. The van der Waals surface area contributed by atoms with Gasteiger partial charge in [0.15, 0.2) is 5.69 Å². The number of nitrogens with zero attached hydrogens (tertiary/aromatic N) is 3. The molecular formula is C12H10ClN3O2S. The zero-order chi connectivity index (χ0) is 13.4. The first-order valence-electron chi connectivity index (χ1n) is 5.77. The monoisotopic (exact) mass is 295 g/mol. The summed E-state index contributed by atoms with van der Waals surface area (Å²) in [6.07, 6.45) is 2.26. The van der Waals surface area contributed by atoms with Crippen LogP contribution in [-0.2, 0) is 4.74 Å². The Bertz CT molecular complexity index is 640. The lowest BCUT2D eigenvalue weighted by Gasteiger charge is -2.04. The van der Waals surface area contributed by atoms with Gasteiger partial charge in [-0.2, -0.15) is 8.75 Å². The number of pyridine rings is 1. The molecular weight excluding hydrogens is 286 g/mol. The normalized spacial score (nSPS) is 14.4. The Hall–Kier alpha value is -1.53. The lowest BCUT2D eigenvalue weighted by molar-refractivity contribution is 0.0596. The zero-order valence-corrected chi connectivity index (χ0v) is 11.7. The van der Waals surface area contributed by atoms with Crippen LogP contribution in [0.1, 0.15) is 34.9 Å². The number of carbonyl (C=O) groups is 1. The number of esters is 1. The molecule has 0 spiro atoms. The lowest BCUT2D eigenvalue weighted by atomic mass is 10.1. The predicted molar refractivity (Wildman–Crippen MR) is 71.5 cm³/mol. The minimum absolute atomic E-state index is 0.219. The van der Waals surface area contributed by atoms with Crippen LogP contribution < -0.4 is 0 Å². The molecule has 0 atom stereocenters. The summed E-state index contributed by atoms with van der Waals surface area (Å²) in [6, 6.07) is 3.61. The van der Waals surface area contributed by atoms with Crippen molar-refractivity contribution in [3.63, 3.8) is 0 Å². The molecule has 5 nitrogen and oxygen atoms in total. The van der Waals surface area contributed by atoms with Gasteiger partial charge in [-0.25, -0.2) is 9.78 Å². The fourth-order valence-electron chi connectivity index (χ4n) is 1.85. The highest BCUT2D eigenvalue weighted by atomic mass is 35.5. The summed E-state index contributed by atoms with van der Waals surface area (Å²) < 4.78 is 12.8. The predicted octanol–water partition coefficient (Wildman–Crippen LogP) is 2.92. The quantitative estimate of drug-likeness (QED) is 0.643. The van der Waals surface area contributed by atoms with E-state index in [0.717, 1.165) is 35.8 Å². The average molecular weight is 296 g/mol. The van der Waals surface area contributed by atoms with E-state index in [0.29, 0.717) is 16.8 Å². The Kier molecular flexibility index (Phi) is 3.20. The molecule has 0 saturated heterocycles. The molecule has 2 aromatic heterocycles. The fourth-order valence-corrected chi connectivity index (χ4v) is 2.62. The molecule has 19 heavy (non-hydrogen) atoms. The smallest absolute Gasteiger partial charge is 0.360 e. The molecule has 0 aliphatic heterocycles. The maximum absolute atomic E-state index is 11.6. The Labute approximate surface area is 118 Å². The van der Waals surface area contributed by atoms with E-state index in [1.54, 1.807) is 6.07 Å². The maximum Gasteiger partial charge on any atom is 0.360 e. The molecule has 3 rings (SSSR count). The van der Waals surface area contributed by atoms with Crippen molar-refractivity contribution in [1.82, 2.24) is 13.7 Å². The number of ether oxygens (including phenoxy) is 1. The SMILES string of the molecule is COC(=O)c1nsnc1-c1cc(Cl)nc(C2CC2)c1. The van der Waals surface area contributed by atoms with Crippen LogP contribution in [0.4, 0.5) is 0 Å². The molecule has 2 aromatic rings.